The van der Waals surface area contributed by atoms with Gasteiger partial charge in [0.05, 0.1) is 12.7 Å². The number of benzene rings is 1. The monoisotopic (exact) mass is 294 g/mol. The van der Waals surface area contributed by atoms with E-state index in [0.717, 1.165) is 34.4 Å². The Morgan fingerprint density at radius 3 is 3.06 bits per heavy atom. The lowest BCUT2D eigenvalue weighted by Crippen LogP contribution is -2.44. The fourth-order valence-electron chi connectivity index (χ4n) is 2.79. The second-order valence-electron chi connectivity index (χ2n) is 4.71. The second-order valence-corrected chi connectivity index (χ2v) is 5.63. The van der Waals surface area contributed by atoms with Crippen molar-refractivity contribution in [1.29, 1.82) is 0 Å². The van der Waals surface area contributed by atoms with E-state index in [2.05, 4.69) is 35.5 Å². The number of fused-ring (bicyclic) bond motifs is 2. The Morgan fingerprint density at radius 1 is 1.41 bits per heavy atom. The van der Waals surface area contributed by atoms with Crippen molar-refractivity contribution in [3.8, 4) is 5.75 Å². The van der Waals surface area contributed by atoms with Crippen LogP contribution in [0.3, 0.4) is 0 Å². The molecule has 0 aliphatic carbocycles. The van der Waals surface area contributed by atoms with Crippen molar-refractivity contribution in [3.05, 3.63) is 34.8 Å². The number of hydrogen-bond donors (Lipinski definition) is 0. The quantitative estimate of drug-likeness (QED) is 0.727. The van der Waals surface area contributed by atoms with Crippen LogP contribution < -0.4 is 4.74 Å². The normalized spacial score (nSPS) is 31.4. The van der Waals surface area contributed by atoms with Crippen LogP contribution in [0.2, 0.25) is 0 Å². The van der Waals surface area contributed by atoms with Gasteiger partial charge in [-0.2, -0.15) is 0 Å². The minimum absolute atomic E-state index is 0.188. The molecule has 1 aromatic carbocycles. The van der Waals surface area contributed by atoms with Crippen molar-refractivity contribution in [2.75, 3.05) is 6.61 Å². The molecule has 0 radical (unpaired) electrons. The highest BCUT2D eigenvalue weighted by atomic mass is 79.9. The lowest BCUT2D eigenvalue weighted by Gasteiger charge is -2.41. The summed E-state index contributed by atoms with van der Waals surface area (Å²) in [6, 6.07) is 6.10. The van der Waals surface area contributed by atoms with Gasteiger partial charge >= 0.3 is 0 Å². The summed E-state index contributed by atoms with van der Waals surface area (Å²) in [6.07, 6.45) is 1.36. The Balaban J connectivity index is 2.04. The molecule has 2 heterocycles. The second kappa shape index (κ2) is 4.14. The van der Waals surface area contributed by atoms with Gasteiger partial charge in [-0.1, -0.05) is 22.5 Å². The average Bonchev–Trinajstić information content (AvgIpc) is 2.30. The standard InChI is InChI=1S/C14H15BrO2/c1-8-11-7-10(15)3-4-12(11)17-13-5-6-16-9(2)14(8)13/h3-4,7,9,13-14H,1,5-6H2,2H3/t9-,13?,14?/m1/s1. The molecule has 2 aliphatic rings. The molecule has 17 heavy (non-hydrogen) atoms. The predicted molar refractivity (Wildman–Crippen MR) is 71.1 cm³/mol. The van der Waals surface area contributed by atoms with Crippen LogP contribution in [0, 0.1) is 5.92 Å². The van der Waals surface area contributed by atoms with Crippen LogP contribution in [0.4, 0.5) is 0 Å². The third-order valence-corrected chi connectivity index (χ3v) is 4.15. The van der Waals surface area contributed by atoms with Crippen LogP contribution in [-0.2, 0) is 4.74 Å². The minimum Gasteiger partial charge on any atom is -0.489 e. The predicted octanol–water partition coefficient (Wildman–Crippen LogP) is 3.65. The Kier molecular flexibility index (Phi) is 2.75. The van der Waals surface area contributed by atoms with E-state index >= 15 is 0 Å². The SMILES string of the molecule is C=C1c2cc(Br)ccc2OC2CCO[C@H](C)C12. The topological polar surface area (TPSA) is 18.5 Å². The number of hydrogen-bond acceptors (Lipinski definition) is 2. The first-order chi connectivity index (χ1) is 8.16. The maximum atomic E-state index is 6.07. The Hall–Kier alpha value is -0.800. The molecule has 2 unspecified atom stereocenters. The first-order valence-corrected chi connectivity index (χ1v) is 6.73. The maximum absolute atomic E-state index is 6.07. The van der Waals surface area contributed by atoms with Crippen molar-refractivity contribution < 1.29 is 9.47 Å². The van der Waals surface area contributed by atoms with Gasteiger partial charge < -0.3 is 9.47 Å². The van der Waals surface area contributed by atoms with Crippen LogP contribution in [0.25, 0.3) is 5.57 Å². The molecule has 0 spiro atoms. The van der Waals surface area contributed by atoms with Gasteiger partial charge in [0.2, 0.25) is 0 Å². The smallest absolute Gasteiger partial charge is 0.127 e. The number of rotatable bonds is 0. The van der Waals surface area contributed by atoms with E-state index in [-0.39, 0.29) is 18.1 Å². The molecule has 0 aromatic heterocycles. The zero-order valence-electron chi connectivity index (χ0n) is 9.78. The zero-order chi connectivity index (χ0) is 12.0. The van der Waals surface area contributed by atoms with Crippen molar-refractivity contribution in [1.82, 2.24) is 0 Å². The summed E-state index contributed by atoms with van der Waals surface area (Å²) in [6.45, 7) is 7.14. The largest absolute Gasteiger partial charge is 0.489 e. The molecule has 90 valence electrons. The molecule has 2 nitrogen and oxygen atoms in total. The Bertz CT molecular complexity index is 469. The molecule has 0 amide bonds. The summed E-state index contributed by atoms with van der Waals surface area (Å²) < 4.78 is 12.8. The fraction of sp³-hybridized carbons (Fsp3) is 0.429. The van der Waals surface area contributed by atoms with Crippen LogP contribution in [0.1, 0.15) is 18.9 Å². The van der Waals surface area contributed by atoms with E-state index in [9.17, 15) is 0 Å². The van der Waals surface area contributed by atoms with Gasteiger partial charge in [-0.05, 0) is 30.7 Å². The van der Waals surface area contributed by atoms with E-state index in [4.69, 9.17) is 9.47 Å². The molecular formula is C14H15BrO2. The van der Waals surface area contributed by atoms with Crippen LogP contribution in [0.15, 0.2) is 29.3 Å². The molecule has 3 rings (SSSR count). The van der Waals surface area contributed by atoms with Gasteiger partial charge in [-0.3, -0.25) is 0 Å². The molecule has 0 N–H and O–H groups in total. The Labute approximate surface area is 110 Å². The van der Waals surface area contributed by atoms with Crippen molar-refractivity contribution >= 4 is 21.5 Å². The lowest BCUT2D eigenvalue weighted by atomic mass is 9.80. The van der Waals surface area contributed by atoms with E-state index in [1.807, 2.05) is 12.1 Å². The number of ether oxygens (including phenoxy) is 2. The highest BCUT2D eigenvalue weighted by Gasteiger charge is 2.39. The zero-order valence-corrected chi connectivity index (χ0v) is 11.4. The first kappa shape index (κ1) is 11.3. The molecule has 1 aromatic rings. The summed E-state index contributed by atoms with van der Waals surface area (Å²) >= 11 is 3.49. The van der Waals surface area contributed by atoms with Crippen LogP contribution >= 0.6 is 15.9 Å². The molecule has 3 heteroatoms. The van der Waals surface area contributed by atoms with Gasteiger partial charge in [-0.15, -0.1) is 0 Å². The maximum Gasteiger partial charge on any atom is 0.127 e. The molecule has 3 atom stereocenters. The molecule has 1 fully saturated rings. The van der Waals surface area contributed by atoms with Crippen molar-refractivity contribution in [3.63, 3.8) is 0 Å². The van der Waals surface area contributed by atoms with Gasteiger partial charge in [0, 0.05) is 22.4 Å². The highest BCUT2D eigenvalue weighted by molar-refractivity contribution is 9.10. The fourth-order valence-corrected chi connectivity index (χ4v) is 3.16. The van der Waals surface area contributed by atoms with Crippen molar-refractivity contribution in [2.45, 2.75) is 25.6 Å². The third-order valence-electron chi connectivity index (χ3n) is 3.66. The highest BCUT2D eigenvalue weighted by Crippen LogP contribution is 2.44. The summed E-state index contributed by atoms with van der Waals surface area (Å²) in [5.74, 6) is 1.24. The molecule has 0 saturated carbocycles. The third kappa shape index (κ3) is 1.81. The summed E-state index contributed by atoms with van der Waals surface area (Å²) in [5, 5.41) is 0. The molecule has 1 saturated heterocycles. The summed E-state index contributed by atoms with van der Waals surface area (Å²) in [5.41, 5.74) is 2.25. The van der Waals surface area contributed by atoms with Crippen molar-refractivity contribution in [2.24, 2.45) is 5.92 Å². The van der Waals surface area contributed by atoms with Gasteiger partial charge in [0.25, 0.3) is 0 Å². The summed E-state index contributed by atoms with van der Waals surface area (Å²) in [7, 11) is 0. The van der Waals surface area contributed by atoms with E-state index in [1.165, 1.54) is 0 Å². The van der Waals surface area contributed by atoms with E-state index in [0.29, 0.717) is 0 Å². The first-order valence-electron chi connectivity index (χ1n) is 5.94. The van der Waals surface area contributed by atoms with E-state index in [1.54, 1.807) is 0 Å². The summed E-state index contributed by atoms with van der Waals surface area (Å²) in [4.78, 5) is 0. The minimum atomic E-state index is 0.188. The Morgan fingerprint density at radius 2 is 2.24 bits per heavy atom. The average molecular weight is 295 g/mol. The van der Waals surface area contributed by atoms with Crippen LogP contribution in [-0.4, -0.2) is 18.8 Å². The van der Waals surface area contributed by atoms with Gasteiger partial charge in [0.1, 0.15) is 11.9 Å². The van der Waals surface area contributed by atoms with Crippen LogP contribution in [0.5, 0.6) is 5.75 Å². The number of halogens is 1. The molecule has 2 aliphatic heterocycles. The van der Waals surface area contributed by atoms with Gasteiger partial charge in [0.15, 0.2) is 0 Å². The van der Waals surface area contributed by atoms with E-state index < -0.39 is 0 Å². The molecule has 0 bridgehead atoms. The van der Waals surface area contributed by atoms with Gasteiger partial charge in [-0.25, -0.2) is 0 Å². The lowest BCUT2D eigenvalue weighted by molar-refractivity contribution is -0.0569. The molecular weight excluding hydrogens is 280 g/mol.